The molecule has 1 saturated carbocycles. The number of rotatable bonds is 5. The Bertz CT molecular complexity index is 311. The molecule has 0 radical (unpaired) electrons. The molecule has 0 unspecified atom stereocenters. The molecule has 16 heavy (non-hydrogen) atoms. The smallest absolute Gasteiger partial charge is 0.122 e. The molecular formula is C13H23N3. The van der Waals surface area contributed by atoms with Crippen molar-refractivity contribution >= 4 is 0 Å². The van der Waals surface area contributed by atoms with Gasteiger partial charge in [-0.15, -0.1) is 0 Å². The second kappa shape index (κ2) is 5.48. The fourth-order valence-electron chi connectivity index (χ4n) is 2.44. The largest absolute Gasteiger partial charge is 0.334 e. The van der Waals surface area contributed by atoms with Crippen LogP contribution in [0.4, 0.5) is 0 Å². The van der Waals surface area contributed by atoms with Gasteiger partial charge in [0.2, 0.25) is 0 Å². The molecule has 1 aliphatic carbocycles. The van der Waals surface area contributed by atoms with Crippen LogP contribution in [0, 0.1) is 5.92 Å². The molecule has 0 amide bonds. The minimum atomic E-state index is 0.525. The summed E-state index contributed by atoms with van der Waals surface area (Å²) < 4.78 is 2.32. The van der Waals surface area contributed by atoms with Crippen molar-refractivity contribution in [2.24, 2.45) is 5.92 Å². The van der Waals surface area contributed by atoms with Crippen molar-refractivity contribution in [2.45, 2.75) is 58.7 Å². The third-order valence-corrected chi connectivity index (χ3v) is 3.40. The molecule has 1 aromatic heterocycles. The zero-order valence-corrected chi connectivity index (χ0v) is 10.4. The lowest BCUT2D eigenvalue weighted by Gasteiger charge is -2.14. The molecule has 0 aliphatic heterocycles. The molecule has 1 N–H and O–H groups in total. The number of aromatic nitrogens is 2. The fraction of sp³-hybridized carbons (Fsp3) is 0.769. The lowest BCUT2D eigenvalue weighted by molar-refractivity contribution is 0.438. The summed E-state index contributed by atoms with van der Waals surface area (Å²) in [5.74, 6) is 2.06. The minimum absolute atomic E-state index is 0.525. The molecule has 0 bridgehead atoms. The molecular weight excluding hydrogens is 198 g/mol. The molecule has 0 spiro atoms. The van der Waals surface area contributed by atoms with Crippen molar-refractivity contribution in [1.82, 2.24) is 14.9 Å². The number of nitrogens with zero attached hydrogens (tertiary/aromatic N) is 2. The predicted molar refractivity (Wildman–Crippen MR) is 66.2 cm³/mol. The quantitative estimate of drug-likeness (QED) is 0.828. The van der Waals surface area contributed by atoms with Gasteiger partial charge in [-0.25, -0.2) is 4.98 Å². The van der Waals surface area contributed by atoms with Gasteiger partial charge in [-0.1, -0.05) is 26.7 Å². The van der Waals surface area contributed by atoms with Crippen LogP contribution in [0.1, 0.15) is 45.4 Å². The summed E-state index contributed by atoms with van der Waals surface area (Å²) in [5.41, 5.74) is 0. The second-order valence-corrected chi connectivity index (χ2v) is 5.18. The van der Waals surface area contributed by atoms with Gasteiger partial charge in [-0.05, 0) is 18.8 Å². The van der Waals surface area contributed by atoms with E-state index in [2.05, 4.69) is 34.9 Å². The van der Waals surface area contributed by atoms with Crippen molar-refractivity contribution in [2.75, 3.05) is 0 Å². The van der Waals surface area contributed by atoms with E-state index in [1.165, 1.54) is 31.5 Å². The maximum Gasteiger partial charge on any atom is 0.122 e. The summed E-state index contributed by atoms with van der Waals surface area (Å²) in [4.78, 5) is 4.43. The molecule has 1 aromatic rings. The first-order valence-corrected chi connectivity index (χ1v) is 6.49. The van der Waals surface area contributed by atoms with Gasteiger partial charge in [0.1, 0.15) is 5.82 Å². The molecule has 0 atom stereocenters. The van der Waals surface area contributed by atoms with E-state index in [9.17, 15) is 0 Å². The number of hydrogen-bond donors (Lipinski definition) is 1. The highest BCUT2D eigenvalue weighted by Gasteiger charge is 2.16. The van der Waals surface area contributed by atoms with Crippen LogP contribution >= 0.6 is 0 Å². The molecule has 3 heteroatoms. The summed E-state index contributed by atoms with van der Waals surface area (Å²) >= 11 is 0. The van der Waals surface area contributed by atoms with Gasteiger partial charge in [0, 0.05) is 25.0 Å². The van der Waals surface area contributed by atoms with Crippen LogP contribution < -0.4 is 5.32 Å². The normalized spacial score (nSPS) is 17.4. The molecule has 0 saturated heterocycles. The molecule has 0 aromatic carbocycles. The Kier molecular flexibility index (Phi) is 3.99. The summed E-state index contributed by atoms with van der Waals surface area (Å²) in [6.45, 7) is 6.39. The SMILES string of the molecule is CC(C)NCc1nccn1CC1CCCC1. The van der Waals surface area contributed by atoms with E-state index in [-0.39, 0.29) is 0 Å². The first-order valence-electron chi connectivity index (χ1n) is 6.49. The van der Waals surface area contributed by atoms with Gasteiger partial charge in [0.25, 0.3) is 0 Å². The van der Waals surface area contributed by atoms with E-state index in [0.717, 1.165) is 19.0 Å². The summed E-state index contributed by atoms with van der Waals surface area (Å²) in [5, 5.41) is 3.43. The van der Waals surface area contributed by atoms with Crippen molar-refractivity contribution in [3.05, 3.63) is 18.2 Å². The van der Waals surface area contributed by atoms with Crippen LogP contribution in [0.15, 0.2) is 12.4 Å². The lowest BCUT2D eigenvalue weighted by atomic mass is 10.1. The van der Waals surface area contributed by atoms with Crippen molar-refractivity contribution < 1.29 is 0 Å². The third kappa shape index (κ3) is 3.08. The Labute approximate surface area is 98.3 Å². The maximum atomic E-state index is 4.43. The van der Waals surface area contributed by atoms with Crippen molar-refractivity contribution in [3.63, 3.8) is 0 Å². The highest BCUT2D eigenvalue weighted by Crippen LogP contribution is 2.26. The minimum Gasteiger partial charge on any atom is -0.334 e. The summed E-state index contributed by atoms with van der Waals surface area (Å²) in [7, 11) is 0. The molecule has 1 fully saturated rings. The van der Waals surface area contributed by atoms with Gasteiger partial charge >= 0.3 is 0 Å². The van der Waals surface area contributed by atoms with E-state index in [1.807, 2.05) is 6.20 Å². The predicted octanol–water partition coefficient (Wildman–Crippen LogP) is 2.57. The topological polar surface area (TPSA) is 29.9 Å². The van der Waals surface area contributed by atoms with E-state index in [1.54, 1.807) is 0 Å². The van der Waals surface area contributed by atoms with Crippen molar-refractivity contribution in [3.8, 4) is 0 Å². The second-order valence-electron chi connectivity index (χ2n) is 5.18. The van der Waals surface area contributed by atoms with Gasteiger partial charge < -0.3 is 9.88 Å². The van der Waals surface area contributed by atoms with Crippen molar-refractivity contribution in [1.29, 1.82) is 0 Å². The Morgan fingerprint density at radius 1 is 1.44 bits per heavy atom. The van der Waals surface area contributed by atoms with E-state index in [4.69, 9.17) is 0 Å². The van der Waals surface area contributed by atoms with E-state index in [0.29, 0.717) is 6.04 Å². The summed E-state index contributed by atoms with van der Waals surface area (Å²) in [6, 6.07) is 0.525. The molecule has 2 rings (SSSR count). The fourth-order valence-corrected chi connectivity index (χ4v) is 2.44. The Balaban J connectivity index is 1.90. The van der Waals surface area contributed by atoms with Gasteiger partial charge in [-0.3, -0.25) is 0 Å². The Morgan fingerprint density at radius 3 is 2.88 bits per heavy atom. The number of imidazole rings is 1. The maximum absolute atomic E-state index is 4.43. The Hall–Kier alpha value is -0.830. The molecule has 90 valence electrons. The van der Waals surface area contributed by atoms with Crippen LogP contribution in [0.3, 0.4) is 0 Å². The number of hydrogen-bond acceptors (Lipinski definition) is 2. The van der Waals surface area contributed by atoms with Crippen LogP contribution in [-0.2, 0) is 13.1 Å². The standard InChI is InChI=1S/C13H23N3/c1-11(2)15-9-13-14-7-8-16(13)10-12-5-3-4-6-12/h7-8,11-12,15H,3-6,9-10H2,1-2H3. The Morgan fingerprint density at radius 2 is 2.19 bits per heavy atom. The lowest BCUT2D eigenvalue weighted by Crippen LogP contribution is -2.24. The summed E-state index contributed by atoms with van der Waals surface area (Å²) in [6.07, 6.45) is 9.67. The first kappa shape index (κ1) is 11.6. The average molecular weight is 221 g/mol. The van der Waals surface area contributed by atoms with Gasteiger partial charge in [-0.2, -0.15) is 0 Å². The molecule has 3 nitrogen and oxygen atoms in total. The van der Waals surface area contributed by atoms with Crippen LogP contribution in [0.2, 0.25) is 0 Å². The monoisotopic (exact) mass is 221 g/mol. The van der Waals surface area contributed by atoms with Crippen LogP contribution in [0.25, 0.3) is 0 Å². The zero-order chi connectivity index (χ0) is 11.4. The van der Waals surface area contributed by atoms with Crippen LogP contribution in [0.5, 0.6) is 0 Å². The van der Waals surface area contributed by atoms with Gasteiger partial charge in [0.15, 0.2) is 0 Å². The zero-order valence-electron chi connectivity index (χ0n) is 10.4. The van der Waals surface area contributed by atoms with E-state index >= 15 is 0 Å². The molecule has 1 aliphatic rings. The third-order valence-electron chi connectivity index (χ3n) is 3.40. The van der Waals surface area contributed by atoms with Gasteiger partial charge in [0.05, 0.1) is 6.54 Å². The van der Waals surface area contributed by atoms with Crippen LogP contribution in [-0.4, -0.2) is 15.6 Å². The highest BCUT2D eigenvalue weighted by molar-refractivity contribution is 4.93. The highest BCUT2D eigenvalue weighted by atomic mass is 15.1. The van der Waals surface area contributed by atoms with E-state index < -0.39 is 0 Å². The average Bonchev–Trinajstić information content (AvgIpc) is 2.87. The molecule has 1 heterocycles. The number of nitrogens with one attached hydrogen (secondary N) is 1. The first-order chi connectivity index (χ1) is 7.75.